The number of benzene rings is 2. The van der Waals surface area contributed by atoms with E-state index in [4.69, 9.17) is 4.98 Å². The van der Waals surface area contributed by atoms with Gasteiger partial charge in [0, 0.05) is 38.2 Å². The van der Waals surface area contributed by atoms with Crippen LogP contribution in [0.25, 0.3) is 22.5 Å². The zero-order valence-electron chi connectivity index (χ0n) is 21.2. The van der Waals surface area contributed by atoms with Crippen molar-refractivity contribution in [3.05, 3.63) is 65.6 Å². The lowest BCUT2D eigenvalue weighted by Crippen LogP contribution is -2.44. The molecular weight excluding hydrogens is 448 g/mol. The van der Waals surface area contributed by atoms with Gasteiger partial charge in [-0.05, 0) is 52.3 Å². The molecule has 1 aliphatic heterocycles. The predicted octanol–water partition coefficient (Wildman–Crippen LogP) is 4.74. The molecule has 1 fully saturated rings. The molecule has 0 spiro atoms. The van der Waals surface area contributed by atoms with E-state index in [9.17, 15) is 0 Å². The molecule has 0 radical (unpaired) electrons. The first-order valence-electron chi connectivity index (χ1n) is 13.2. The average molecular weight is 483 g/mol. The topological polar surface area (TPSA) is 78.8 Å². The zero-order valence-corrected chi connectivity index (χ0v) is 21.2. The number of anilines is 1. The van der Waals surface area contributed by atoms with Crippen LogP contribution in [0.15, 0.2) is 48.5 Å². The van der Waals surface area contributed by atoms with E-state index in [1.165, 1.54) is 42.3 Å². The van der Waals surface area contributed by atoms with Crippen molar-refractivity contribution in [1.82, 2.24) is 35.1 Å². The molecule has 0 saturated heterocycles. The monoisotopic (exact) mass is 482 g/mol. The number of nitrogens with one attached hydrogen (secondary N) is 1. The van der Waals surface area contributed by atoms with Crippen LogP contribution in [0.1, 0.15) is 50.2 Å². The molecule has 8 nitrogen and oxygen atoms in total. The van der Waals surface area contributed by atoms with Crippen LogP contribution in [-0.2, 0) is 19.5 Å². The Labute approximate surface area is 212 Å². The van der Waals surface area contributed by atoms with Crippen molar-refractivity contribution in [3.8, 4) is 22.5 Å². The summed E-state index contributed by atoms with van der Waals surface area (Å²) in [5.41, 5.74) is 5.92. The van der Waals surface area contributed by atoms with Gasteiger partial charge in [-0.1, -0.05) is 62.4 Å². The standard InChI is InChI=1S/C28H34N8/c1-3-15-35-19-34(16-20-9-10-20)18-25-28(35)29-26(4-2)36(25)17-21-11-13-22(14-12-21)23-7-5-6-8-24(23)27-30-32-33-31-27/h5-8,11-14,20H,3-4,9-10,15-19H2,1-2H3,(H,30,31,32,33). The molecule has 1 N–H and O–H groups in total. The van der Waals surface area contributed by atoms with Crippen LogP contribution in [0.5, 0.6) is 0 Å². The SMILES string of the molecule is CCCN1CN(CC2CC2)Cc2c1nc(CC)n2Cc1ccc(-c2ccccc2-c2nnn[nH]2)cc1. The molecule has 0 atom stereocenters. The van der Waals surface area contributed by atoms with Crippen molar-refractivity contribution < 1.29 is 0 Å². The number of hydrogen-bond donors (Lipinski definition) is 1. The van der Waals surface area contributed by atoms with E-state index >= 15 is 0 Å². The third kappa shape index (κ3) is 4.53. The molecule has 4 aromatic rings. The van der Waals surface area contributed by atoms with Crippen molar-refractivity contribution in [1.29, 1.82) is 0 Å². The molecule has 2 aromatic heterocycles. The van der Waals surface area contributed by atoms with E-state index in [1.54, 1.807) is 0 Å². The number of aryl methyl sites for hydroxylation is 1. The van der Waals surface area contributed by atoms with Gasteiger partial charge in [-0.2, -0.15) is 0 Å². The highest BCUT2D eigenvalue weighted by atomic mass is 15.5. The number of rotatable bonds is 9. The van der Waals surface area contributed by atoms with Gasteiger partial charge in [0.15, 0.2) is 11.6 Å². The molecule has 1 aliphatic carbocycles. The number of imidazole rings is 1. The van der Waals surface area contributed by atoms with E-state index in [1.807, 2.05) is 12.1 Å². The third-order valence-corrected chi connectivity index (χ3v) is 7.33. The Morgan fingerprint density at radius 1 is 1.00 bits per heavy atom. The van der Waals surface area contributed by atoms with Gasteiger partial charge in [0.05, 0.1) is 12.4 Å². The van der Waals surface area contributed by atoms with Crippen LogP contribution in [0, 0.1) is 5.92 Å². The first kappa shape index (κ1) is 22.9. The Balaban J connectivity index is 1.29. The molecule has 2 aliphatic rings. The lowest BCUT2D eigenvalue weighted by atomic mass is 9.98. The molecule has 0 bridgehead atoms. The maximum Gasteiger partial charge on any atom is 0.180 e. The number of aromatic nitrogens is 6. The van der Waals surface area contributed by atoms with E-state index in [0.29, 0.717) is 5.82 Å². The van der Waals surface area contributed by atoms with E-state index in [0.717, 1.165) is 61.8 Å². The Hall–Kier alpha value is -3.52. The minimum absolute atomic E-state index is 0.680. The van der Waals surface area contributed by atoms with Gasteiger partial charge in [0.2, 0.25) is 0 Å². The lowest BCUT2D eigenvalue weighted by Gasteiger charge is -2.36. The van der Waals surface area contributed by atoms with Crippen molar-refractivity contribution in [3.63, 3.8) is 0 Å². The fraction of sp³-hybridized carbons (Fsp3) is 0.429. The number of H-pyrrole nitrogens is 1. The van der Waals surface area contributed by atoms with Crippen LogP contribution in [0.3, 0.4) is 0 Å². The molecule has 186 valence electrons. The Bertz CT molecular complexity index is 1300. The van der Waals surface area contributed by atoms with Gasteiger partial charge in [-0.3, -0.25) is 4.90 Å². The molecule has 0 amide bonds. The molecule has 3 heterocycles. The minimum Gasteiger partial charge on any atom is -0.342 e. The maximum absolute atomic E-state index is 5.14. The summed E-state index contributed by atoms with van der Waals surface area (Å²) in [5.74, 6) is 3.95. The molecule has 2 aromatic carbocycles. The second-order valence-corrected chi connectivity index (χ2v) is 10.1. The average Bonchev–Trinajstić information content (AvgIpc) is 3.41. The third-order valence-electron chi connectivity index (χ3n) is 7.33. The number of fused-ring (bicyclic) bond motifs is 1. The molecule has 8 heteroatoms. The van der Waals surface area contributed by atoms with Gasteiger partial charge < -0.3 is 9.47 Å². The molecule has 0 unspecified atom stereocenters. The first-order chi connectivity index (χ1) is 17.7. The molecule has 6 rings (SSSR count). The van der Waals surface area contributed by atoms with Gasteiger partial charge in [-0.15, -0.1) is 5.10 Å². The van der Waals surface area contributed by atoms with Crippen molar-refractivity contribution in [2.24, 2.45) is 5.92 Å². The Kier molecular flexibility index (Phi) is 6.27. The van der Waals surface area contributed by atoms with Crippen LogP contribution in [0.2, 0.25) is 0 Å². The highest BCUT2D eigenvalue weighted by molar-refractivity contribution is 5.80. The van der Waals surface area contributed by atoms with E-state index in [2.05, 4.69) is 85.2 Å². The summed E-state index contributed by atoms with van der Waals surface area (Å²) in [4.78, 5) is 10.3. The van der Waals surface area contributed by atoms with Crippen molar-refractivity contribution >= 4 is 5.82 Å². The Morgan fingerprint density at radius 3 is 2.50 bits per heavy atom. The van der Waals surface area contributed by atoms with Gasteiger partial charge in [-0.25, -0.2) is 10.1 Å². The summed E-state index contributed by atoms with van der Waals surface area (Å²) < 4.78 is 2.47. The smallest absolute Gasteiger partial charge is 0.180 e. The first-order valence-corrected chi connectivity index (χ1v) is 13.2. The molecule has 1 saturated carbocycles. The fourth-order valence-electron chi connectivity index (χ4n) is 5.38. The number of aromatic amines is 1. The number of tetrazole rings is 1. The summed E-state index contributed by atoms with van der Waals surface area (Å²) in [6.45, 7) is 9.59. The van der Waals surface area contributed by atoms with Gasteiger partial charge >= 0.3 is 0 Å². The second-order valence-electron chi connectivity index (χ2n) is 10.1. The van der Waals surface area contributed by atoms with Crippen molar-refractivity contribution in [2.45, 2.75) is 52.6 Å². The highest BCUT2D eigenvalue weighted by Gasteiger charge is 2.32. The summed E-state index contributed by atoms with van der Waals surface area (Å²) in [6, 6.07) is 17.1. The van der Waals surface area contributed by atoms with Crippen molar-refractivity contribution in [2.75, 3.05) is 24.7 Å². The predicted molar refractivity (Wildman–Crippen MR) is 141 cm³/mol. The molecular formula is C28H34N8. The van der Waals surface area contributed by atoms with Gasteiger partial charge in [0.25, 0.3) is 0 Å². The van der Waals surface area contributed by atoms with Gasteiger partial charge in [0.1, 0.15) is 5.82 Å². The molecule has 36 heavy (non-hydrogen) atoms. The lowest BCUT2D eigenvalue weighted by molar-refractivity contribution is 0.234. The van der Waals surface area contributed by atoms with E-state index < -0.39 is 0 Å². The van der Waals surface area contributed by atoms with Crippen LogP contribution in [0.4, 0.5) is 5.82 Å². The summed E-state index contributed by atoms with van der Waals surface area (Å²) >= 11 is 0. The summed E-state index contributed by atoms with van der Waals surface area (Å²) in [7, 11) is 0. The Morgan fingerprint density at radius 2 is 1.81 bits per heavy atom. The number of nitrogens with zero attached hydrogens (tertiary/aromatic N) is 7. The quantitative estimate of drug-likeness (QED) is 0.371. The fourth-order valence-corrected chi connectivity index (χ4v) is 5.38. The minimum atomic E-state index is 0.680. The van der Waals surface area contributed by atoms with Crippen LogP contribution in [-0.4, -0.2) is 54.8 Å². The normalized spacial score (nSPS) is 15.9. The highest BCUT2D eigenvalue weighted by Crippen LogP contribution is 2.35. The van der Waals surface area contributed by atoms with Crippen LogP contribution >= 0.6 is 0 Å². The largest absolute Gasteiger partial charge is 0.342 e. The maximum atomic E-state index is 5.14. The summed E-state index contributed by atoms with van der Waals surface area (Å²) in [6.07, 6.45) is 4.85. The van der Waals surface area contributed by atoms with E-state index in [-0.39, 0.29) is 0 Å². The zero-order chi connectivity index (χ0) is 24.5. The second kappa shape index (κ2) is 9.85. The number of hydrogen-bond acceptors (Lipinski definition) is 6. The van der Waals surface area contributed by atoms with Crippen LogP contribution < -0.4 is 4.90 Å². The summed E-state index contributed by atoms with van der Waals surface area (Å²) in [5, 5.41) is 14.5.